The zero-order chi connectivity index (χ0) is 18.4. The maximum Gasteiger partial charge on any atom is 0.261 e. The van der Waals surface area contributed by atoms with E-state index >= 15 is 0 Å². The summed E-state index contributed by atoms with van der Waals surface area (Å²) in [6.07, 6.45) is -0.625. The molecule has 0 unspecified atom stereocenters. The van der Waals surface area contributed by atoms with E-state index < -0.39 is 6.10 Å². The van der Waals surface area contributed by atoms with Crippen molar-refractivity contribution in [2.24, 2.45) is 0 Å². The Morgan fingerprint density at radius 3 is 2.24 bits per heavy atom. The molecular weight excluding hydrogens is 386 g/mol. The molecule has 2 aromatic carbocycles. The molecule has 2 rings (SSSR count). The predicted octanol–water partition coefficient (Wildman–Crippen LogP) is 4.11. The number of hydrogen-bond donors (Lipinski definition) is 1. The van der Waals surface area contributed by atoms with E-state index in [0.29, 0.717) is 17.2 Å². The molecule has 2 aromatic rings. The summed E-state index contributed by atoms with van der Waals surface area (Å²) in [6, 6.07) is 12.6. The van der Waals surface area contributed by atoms with E-state index in [1.54, 1.807) is 21.1 Å². The van der Waals surface area contributed by atoms with Crippen LogP contribution in [-0.4, -0.2) is 26.2 Å². The Morgan fingerprint density at radius 1 is 1.00 bits per heavy atom. The van der Waals surface area contributed by atoms with E-state index in [2.05, 4.69) is 21.2 Å². The molecule has 0 aromatic heterocycles. The smallest absolute Gasteiger partial charge is 0.261 e. The van der Waals surface area contributed by atoms with Crippen LogP contribution in [0.5, 0.6) is 17.2 Å². The number of carbonyl (C=O) groups excluding carboxylic acids is 1. The second-order valence-electron chi connectivity index (χ2n) is 5.55. The van der Waals surface area contributed by atoms with Crippen LogP contribution in [0.4, 0.5) is 0 Å². The summed E-state index contributed by atoms with van der Waals surface area (Å²) in [5, 5.41) is 2.94. The molecule has 0 aliphatic heterocycles. The standard InChI is InChI=1S/C19H22BrNO4/c1-12(17-11-16(23-3)9-10-18(17)24-4)21-19(22)13(2)25-15-7-5-14(20)6-8-15/h5-13H,1-4H3,(H,21,22)/t12-,13+/m1/s1. The lowest BCUT2D eigenvalue weighted by Gasteiger charge is -2.21. The van der Waals surface area contributed by atoms with Crippen molar-refractivity contribution in [1.29, 1.82) is 0 Å². The number of benzene rings is 2. The summed E-state index contributed by atoms with van der Waals surface area (Å²) < 4.78 is 17.3. The van der Waals surface area contributed by atoms with E-state index in [0.717, 1.165) is 10.0 Å². The second-order valence-corrected chi connectivity index (χ2v) is 6.47. The fraction of sp³-hybridized carbons (Fsp3) is 0.316. The van der Waals surface area contributed by atoms with Crippen molar-refractivity contribution >= 4 is 21.8 Å². The summed E-state index contributed by atoms with van der Waals surface area (Å²) in [4.78, 5) is 12.4. The third-order valence-corrected chi connectivity index (χ3v) is 4.29. The van der Waals surface area contributed by atoms with Crippen molar-refractivity contribution in [2.45, 2.75) is 26.0 Å². The van der Waals surface area contributed by atoms with Crippen LogP contribution in [0, 0.1) is 0 Å². The fourth-order valence-electron chi connectivity index (χ4n) is 2.36. The van der Waals surface area contributed by atoms with Gasteiger partial charge in [0.2, 0.25) is 0 Å². The predicted molar refractivity (Wildman–Crippen MR) is 100 cm³/mol. The molecule has 0 saturated carbocycles. The van der Waals surface area contributed by atoms with Crippen LogP contribution in [0.1, 0.15) is 25.5 Å². The molecule has 0 spiro atoms. The largest absolute Gasteiger partial charge is 0.497 e. The lowest BCUT2D eigenvalue weighted by molar-refractivity contribution is -0.127. The zero-order valence-electron chi connectivity index (χ0n) is 14.7. The molecule has 1 N–H and O–H groups in total. The Balaban J connectivity index is 2.05. The molecule has 1 amide bonds. The van der Waals surface area contributed by atoms with Gasteiger partial charge in [0.25, 0.3) is 5.91 Å². The van der Waals surface area contributed by atoms with Crippen LogP contribution < -0.4 is 19.5 Å². The van der Waals surface area contributed by atoms with Gasteiger partial charge in [0.1, 0.15) is 17.2 Å². The van der Waals surface area contributed by atoms with Crippen molar-refractivity contribution in [3.63, 3.8) is 0 Å². The Morgan fingerprint density at radius 2 is 1.64 bits per heavy atom. The van der Waals surface area contributed by atoms with Crippen LogP contribution in [0.15, 0.2) is 46.9 Å². The van der Waals surface area contributed by atoms with Crippen molar-refractivity contribution < 1.29 is 19.0 Å². The van der Waals surface area contributed by atoms with Gasteiger partial charge in [0.15, 0.2) is 6.10 Å². The van der Waals surface area contributed by atoms with Gasteiger partial charge in [-0.3, -0.25) is 4.79 Å². The van der Waals surface area contributed by atoms with Gasteiger partial charge in [0.05, 0.1) is 20.3 Å². The zero-order valence-corrected chi connectivity index (χ0v) is 16.3. The summed E-state index contributed by atoms with van der Waals surface area (Å²) in [6.45, 7) is 3.61. The van der Waals surface area contributed by atoms with Crippen LogP contribution >= 0.6 is 15.9 Å². The second kappa shape index (κ2) is 8.76. The van der Waals surface area contributed by atoms with Crippen molar-refractivity contribution in [3.8, 4) is 17.2 Å². The average molecular weight is 408 g/mol. The molecule has 0 heterocycles. The maximum absolute atomic E-state index is 12.4. The Labute approximate surface area is 156 Å². The molecule has 6 heteroatoms. The number of hydrogen-bond acceptors (Lipinski definition) is 4. The van der Waals surface area contributed by atoms with Crippen LogP contribution in [0.2, 0.25) is 0 Å². The quantitative estimate of drug-likeness (QED) is 0.749. The van der Waals surface area contributed by atoms with E-state index in [-0.39, 0.29) is 11.9 Å². The first kappa shape index (κ1) is 19.1. The Bertz CT molecular complexity index is 718. The third kappa shape index (κ3) is 5.13. The van der Waals surface area contributed by atoms with Gasteiger partial charge < -0.3 is 19.5 Å². The molecule has 2 atom stereocenters. The highest BCUT2D eigenvalue weighted by Crippen LogP contribution is 2.29. The summed E-state index contributed by atoms with van der Waals surface area (Å²) >= 11 is 3.37. The average Bonchev–Trinajstić information content (AvgIpc) is 2.62. The van der Waals surface area contributed by atoms with Crippen molar-refractivity contribution in [2.75, 3.05) is 14.2 Å². The number of amides is 1. The molecule has 0 aliphatic rings. The van der Waals surface area contributed by atoms with Gasteiger partial charge in [-0.05, 0) is 56.3 Å². The highest BCUT2D eigenvalue weighted by atomic mass is 79.9. The first-order valence-corrected chi connectivity index (χ1v) is 8.68. The molecule has 134 valence electrons. The van der Waals surface area contributed by atoms with Gasteiger partial charge in [-0.25, -0.2) is 0 Å². The molecule has 0 saturated heterocycles. The third-order valence-electron chi connectivity index (χ3n) is 3.76. The lowest BCUT2D eigenvalue weighted by Crippen LogP contribution is -2.37. The molecule has 0 radical (unpaired) electrons. The first-order chi connectivity index (χ1) is 11.9. The topological polar surface area (TPSA) is 56.8 Å². The molecule has 0 aliphatic carbocycles. The number of rotatable bonds is 7. The fourth-order valence-corrected chi connectivity index (χ4v) is 2.62. The van der Waals surface area contributed by atoms with Gasteiger partial charge in [0, 0.05) is 10.0 Å². The lowest BCUT2D eigenvalue weighted by atomic mass is 10.1. The van der Waals surface area contributed by atoms with Crippen LogP contribution in [-0.2, 0) is 4.79 Å². The summed E-state index contributed by atoms with van der Waals surface area (Å²) in [7, 11) is 3.20. The Hall–Kier alpha value is -2.21. The van der Waals surface area contributed by atoms with Gasteiger partial charge in [-0.15, -0.1) is 0 Å². The highest BCUT2D eigenvalue weighted by Gasteiger charge is 2.20. The molecule has 25 heavy (non-hydrogen) atoms. The number of methoxy groups -OCH3 is 2. The molecule has 0 bridgehead atoms. The van der Waals surface area contributed by atoms with E-state index in [4.69, 9.17) is 14.2 Å². The summed E-state index contributed by atoms with van der Waals surface area (Å²) in [5.74, 6) is 1.82. The van der Waals surface area contributed by atoms with Crippen LogP contribution in [0.25, 0.3) is 0 Å². The van der Waals surface area contributed by atoms with Gasteiger partial charge in [-0.1, -0.05) is 15.9 Å². The minimum absolute atomic E-state index is 0.208. The highest BCUT2D eigenvalue weighted by molar-refractivity contribution is 9.10. The summed E-state index contributed by atoms with van der Waals surface area (Å²) in [5.41, 5.74) is 0.839. The number of halogens is 1. The Kier molecular flexibility index (Phi) is 6.70. The number of ether oxygens (including phenoxy) is 3. The number of carbonyl (C=O) groups is 1. The van der Waals surface area contributed by atoms with Crippen molar-refractivity contribution in [3.05, 3.63) is 52.5 Å². The monoisotopic (exact) mass is 407 g/mol. The molecule has 5 nitrogen and oxygen atoms in total. The van der Waals surface area contributed by atoms with Gasteiger partial charge >= 0.3 is 0 Å². The minimum Gasteiger partial charge on any atom is -0.497 e. The normalized spacial score (nSPS) is 12.8. The van der Waals surface area contributed by atoms with Crippen LogP contribution in [0.3, 0.4) is 0 Å². The van der Waals surface area contributed by atoms with Gasteiger partial charge in [-0.2, -0.15) is 0 Å². The SMILES string of the molecule is COc1ccc(OC)c([C@@H](C)NC(=O)[C@H](C)Oc2ccc(Br)cc2)c1. The van der Waals surface area contributed by atoms with E-state index in [9.17, 15) is 4.79 Å². The number of nitrogens with one attached hydrogen (secondary N) is 1. The van der Waals surface area contributed by atoms with E-state index in [1.807, 2.05) is 49.4 Å². The molecule has 0 fully saturated rings. The maximum atomic E-state index is 12.4. The minimum atomic E-state index is -0.625. The first-order valence-electron chi connectivity index (χ1n) is 7.89. The van der Waals surface area contributed by atoms with Crippen molar-refractivity contribution in [1.82, 2.24) is 5.32 Å². The van der Waals surface area contributed by atoms with E-state index in [1.165, 1.54) is 0 Å². The molecular formula is C19H22BrNO4.